The molecule has 0 fully saturated rings. The molecule has 0 aromatic heterocycles. The normalized spacial score (nSPS) is 14.8. The average molecular weight is 243 g/mol. The molecule has 0 aromatic rings. The van der Waals surface area contributed by atoms with Gasteiger partial charge < -0.3 is 5.32 Å². The standard InChI is InChI=1S/C12H29N5/c1-10-13-11(14(2)3)12(15(4)5,16(6)7)17(8)9/h10-11,13H,1H2,2-9H3. The topological polar surface area (TPSA) is 25.0 Å². The Morgan fingerprint density at radius 3 is 1.41 bits per heavy atom. The van der Waals surface area contributed by atoms with E-state index in [1.807, 2.05) is 0 Å². The van der Waals surface area contributed by atoms with Gasteiger partial charge in [0.1, 0.15) is 6.17 Å². The minimum absolute atomic E-state index is 0.0972. The van der Waals surface area contributed by atoms with Crippen molar-refractivity contribution in [2.75, 3.05) is 56.4 Å². The Morgan fingerprint density at radius 2 is 1.24 bits per heavy atom. The summed E-state index contributed by atoms with van der Waals surface area (Å²) in [6, 6.07) is 0. The zero-order valence-electron chi connectivity index (χ0n) is 12.7. The summed E-state index contributed by atoms with van der Waals surface area (Å²) in [6.07, 6.45) is 1.84. The SMILES string of the molecule is C=CNC(N(C)C)C(N(C)C)(N(C)C)N(C)C. The molecular formula is C12H29N5. The Morgan fingerprint density at radius 1 is 0.882 bits per heavy atom. The van der Waals surface area contributed by atoms with Crippen molar-refractivity contribution in [1.29, 1.82) is 0 Å². The summed E-state index contributed by atoms with van der Waals surface area (Å²) in [6.45, 7) is 3.78. The van der Waals surface area contributed by atoms with Crippen LogP contribution in [0.25, 0.3) is 0 Å². The fourth-order valence-corrected chi connectivity index (χ4v) is 2.65. The monoisotopic (exact) mass is 243 g/mol. The average Bonchev–Trinajstić information content (AvgIpc) is 2.15. The first-order valence-electron chi connectivity index (χ1n) is 5.78. The van der Waals surface area contributed by atoms with Gasteiger partial charge in [-0.3, -0.25) is 19.6 Å². The maximum atomic E-state index is 3.78. The molecule has 5 heteroatoms. The molecule has 0 heterocycles. The molecule has 0 aliphatic rings. The lowest BCUT2D eigenvalue weighted by Crippen LogP contribution is -2.76. The van der Waals surface area contributed by atoms with Gasteiger partial charge >= 0.3 is 0 Å². The molecule has 1 atom stereocenters. The smallest absolute Gasteiger partial charge is 0.164 e. The van der Waals surface area contributed by atoms with Gasteiger partial charge in [0.15, 0.2) is 5.79 Å². The first kappa shape index (κ1) is 16.4. The van der Waals surface area contributed by atoms with Crippen molar-refractivity contribution in [2.45, 2.75) is 12.0 Å². The molecule has 0 amide bonds. The van der Waals surface area contributed by atoms with Crippen LogP contribution in [-0.2, 0) is 0 Å². The Kier molecular flexibility index (Phi) is 6.12. The number of nitrogens with zero attached hydrogens (tertiary/aromatic N) is 4. The predicted octanol–water partition coefficient (Wildman–Crippen LogP) is -0.0542. The number of hydrogen-bond donors (Lipinski definition) is 1. The maximum absolute atomic E-state index is 3.78. The summed E-state index contributed by atoms with van der Waals surface area (Å²) in [5, 5.41) is 3.33. The molecule has 0 aliphatic heterocycles. The molecule has 5 nitrogen and oxygen atoms in total. The van der Waals surface area contributed by atoms with E-state index in [1.54, 1.807) is 6.20 Å². The second kappa shape index (κ2) is 6.35. The molecule has 0 bridgehead atoms. The molecule has 1 unspecified atom stereocenters. The van der Waals surface area contributed by atoms with Crippen LogP contribution in [0.5, 0.6) is 0 Å². The summed E-state index contributed by atoms with van der Waals surface area (Å²) in [7, 11) is 16.6. The molecule has 0 spiro atoms. The van der Waals surface area contributed by atoms with E-state index in [2.05, 4.69) is 87.9 Å². The van der Waals surface area contributed by atoms with E-state index in [4.69, 9.17) is 0 Å². The third-order valence-corrected chi connectivity index (χ3v) is 3.13. The van der Waals surface area contributed by atoms with Gasteiger partial charge in [-0.25, -0.2) is 0 Å². The molecule has 102 valence electrons. The highest BCUT2D eigenvalue weighted by atomic mass is 15.6. The van der Waals surface area contributed by atoms with Gasteiger partial charge in [-0.2, -0.15) is 0 Å². The van der Waals surface area contributed by atoms with Gasteiger partial charge in [0.05, 0.1) is 0 Å². The Balaban J connectivity index is 5.59. The van der Waals surface area contributed by atoms with Gasteiger partial charge in [-0.1, -0.05) is 6.58 Å². The van der Waals surface area contributed by atoms with Gasteiger partial charge in [-0.05, 0) is 62.6 Å². The molecule has 0 rings (SSSR count). The van der Waals surface area contributed by atoms with Crippen molar-refractivity contribution in [3.05, 3.63) is 12.8 Å². The fourth-order valence-electron chi connectivity index (χ4n) is 2.65. The number of likely N-dealkylation sites (N-methyl/N-ethyl adjacent to an activating group) is 4. The van der Waals surface area contributed by atoms with E-state index in [9.17, 15) is 0 Å². The van der Waals surface area contributed by atoms with Gasteiger partial charge in [-0.15, -0.1) is 0 Å². The molecule has 0 saturated heterocycles. The summed E-state index contributed by atoms with van der Waals surface area (Å²) < 4.78 is 0. The van der Waals surface area contributed by atoms with E-state index in [0.29, 0.717) is 0 Å². The zero-order valence-corrected chi connectivity index (χ0v) is 12.7. The van der Waals surface area contributed by atoms with Crippen LogP contribution in [0.2, 0.25) is 0 Å². The predicted molar refractivity (Wildman–Crippen MR) is 74.6 cm³/mol. The third-order valence-electron chi connectivity index (χ3n) is 3.13. The molecule has 0 radical (unpaired) electrons. The van der Waals surface area contributed by atoms with Crippen molar-refractivity contribution in [3.8, 4) is 0 Å². The fraction of sp³-hybridized carbons (Fsp3) is 0.833. The van der Waals surface area contributed by atoms with Crippen molar-refractivity contribution in [2.24, 2.45) is 0 Å². The summed E-state index contributed by atoms with van der Waals surface area (Å²) in [5.41, 5.74) is 0. The van der Waals surface area contributed by atoms with Crippen molar-refractivity contribution < 1.29 is 0 Å². The lowest BCUT2D eigenvalue weighted by Gasteiger charge is -2.55. The van der Waals surface area contributed by atoms with Crippen molar-refractivity contribution >= 4 is 0 Å². The lowest BCUT2D eigenvalue weighted by molar-refractivity contribution is -0.160. The van der Waals surface area contributed by atoms with E-state index in [0.717, 1.165) is 0 Å². The quantitative estimate of drug-likeness (QED) is 0.632. The number of rotatable bonds is 7. The molecular weight excluding hydrogens is 214 g/mol. The van der Waals surface area contributed by atoms with Crippen LogP contribution < -0.4 is 5.32 Å². The summed E-state index contributed by atoms with van der Waals surface area (Å²) in [5.74, 6) is -0.266. The maximum Gasteiger partial charge on any atom is 0.164 e. The van der Waals surface area contributed by atoms with Crippen molar-refractivity contribution in [3.63, 3.8) is 0 Å². The summed E-state index contributed by atoms with van der Waals surface area (Å²) in [4.78, 5) is 8.76. The van der Waals surface area contributed by atoms with Gasteiger partial charge in [0.25, 0.3) is 0 Å². The Hall–Kier alpha value is -0.620. The molecule has 1 N–H and O–H groups in total. The van der Waals surface area contributed by atoms with E-state index >= 15 is 0 Å². The Bertz CT molecular complexity index is 213. The van der Waals surface area contributed by atoms with Gasteiger partial charge in [0.2, 0.25) is 0 Å². The number of nitrogens with one attached hydrogen (secondary N) is 1. The molecule has 0 saturated carbocycles. The van der Waals surface area contributed by atoms with E-state index < -0.39 is 0 Å². The zero-order chi connectivity index (χ0) is 13.8. The first-order valence-corrected chi connectivity index (χ1v) is 5.78. The highest BCUT2D eigenvalue weighted by Crippen LogP contribution is 2.24. The van der Waals surface area contributed by atoms with Crippen LogP contribution >= 0.6 is 0 Å². The van der Waals surface area contributed by atoms with Crippen LogP contribution in [0.15, 0.2) is 12.8 Å². The minimum Gasteiger partial charge on any atom is -0.372 e. The third kappa shape index (κ3) is 2.98. The van der Waals surface area contributed by atoms with E-state index in [1.165, 1.54) is 0 Å². The highest BCUT2D eigenvalue weighted by Gasteiger charge is 2.46. The van der Waals surface area contributed by atoms with E-state index in [-0.39, 0.29) is 12.0 Å². The van der Waals surface area contributed by atoms with Crippen LogP contribution in [0.3, 0.4) is 0 Å². The first-order chi connectivity index (χ1) is 7.72. The van der Waals surface area contributed by atoms with Crippen LogP contribution in [0.1, 0.15) is 0 Å². The largest absolute Gasteiger partial charge is 0.372 e. The second-order valence-corrected chi connectivity index (χ2v) is 5.11. The molecule has 17 heavy (non-hydrogen) atoms. The van der Waals surface area contributed by atoms with Crippen LogP contribution in [-0.4, -0.2) is 87.9 Å². The van der Waals surface area contributed by atoms with Gasteiger partial charge in [0, 0.05) is 0 Å². The highest BCUT2D eigenvalue weighted by molar-refractivity contribution is 4.95. The van der Waals surface area contributed by atoms with Crippen LogP contribution in [0.4, 0.5) is 0 Å². The molecule has 0 aliphatic carbocycles. The lowest BCUT2D eigenvalue weighted by atomic mass is 10.1. The second-order valence-electron chi connectivity index (χ2n) is 5.11. The minimum atomic E-state index is -0.266. The Labute approximate surface area is 107 Å². The van der Waals surface area contributed by atoms with Crippen LogP contribution in [0, 0.1) is 0 Å². The molecule has 0 aromatic carbocycles. The summed E-state index contributed by atoms with van der Waals surface area (Å²) >= 11 is 0. The number of hydrogen-bond acceptors (Lipinski definition) is 5. The van der Waals surface area contributed by atoms with Crippen molar-refractivity contribution in [1.82, 2.24) is 24.9 Å².